The van der Waals surface area contributed by atoms with Gasteiger partial charge < -0.3 is 24.3 Å². The number of nitrogens with one attached hydrogen (secondary N) is 1. The normalized spacial score (nSPS) is 20.6. The maximum atomic E-state index is 14.1. The zero-order valence-corrected chi connectivity index (χ0v) is 21.4. The largest absolute Gasteiger partial charge is 0.497 e. The highest BCUT2D eigenvalue weighted by Crippen LogP contribution is 2.36. The second-order valence-corrected chi connectivity index (χ2v) is 10.2. The van der Waals surface area contributed by atoms with Gasteiger partial charge in [-0.25, -0.2) is 0 Å². The van der Waals surface area contributed by atoms with Gasteiger partial charge in [0.25, 0.3) is 5.91 Å². The van der Waals surface area contributed by atoms with Gasteiger partial charge in [-0.05, 0) is 44.0 Å². The van der Waals surface area contributed by atoms with Crippen LogP contribution in [0.5, 0.6) is 11.5 Å². The Morgan fingerprint density at radius 2 is 1.78 bits per heavy atom. The van der Waals surface area contributed by atoms with Crippen LogP contribution in [-0.2, 0) is 17.9 Å². The summed E-state index contributed by atoms with van der Waals surface area (Å²) in [5.41, 5.74) is 1.26. The van der Waals surface area contributed by atoms with Gasteiger partial charge in [-0.15, -0.1) is 0 Å². The van der Waals surface area contributed by atoms with E-state index in [2.05, 4.69) is 5.32 Å². The van der Waals surface area contributed by atoms with Crippen molar-refractivity contribution >= 4 is 22.7 Å². The standard InChI is InChI=1S/C29H35N3O4/c1-29(28(34)30-22-11-6-4-5-7-12-22)19-31-24-17-23(35-2)15-14-20(24)16-25(31)27(33)32(29)18-21-10-8-9-13-26(21)36-3/h8-10,13-17,22H,4-7,11-12,18-19H2,1-3H3,(H,30,34)/t29-/m1/s1. The van der Waals surface area contributed by atoms with Crippen molar-refractivity contribution < 1.29 is 19.1 Å². The number of amides is 2. The van der Waals surface area contributed by atoms with Crippen LogP contribution in [0.3, 0.4) is 0 Å². The fourth-order valence-electron chi connectivity index (χ4n) is 5.67. The zero-order chi connectivity index (χ0) is 25.3. The number of aromatic nitrogens is 1. The van der Waals surface area contributed by atoms with Crippen LogP contribution in [0.25, 0.3) is 10.9 Å². The second kappa shape index (κ2) is 9.88. The number of hydrogen-bond acceptors (Lipinski definition) is 4. The molecule has 1 aromatic heterocycles. The van der Waals surface area contributed by atoms with Crippen molar-refractivity contribution in [2.24, 2.45) is 0 Å². The Morgan fingerprint density at radius 3 is 2.50 bits per heavy atom. The van der Waals surface area contributed by atoms with E-state index < -0.39 is 5.54 Å². The van der Waals surface area contributed by atoms with Gasteiger partial charge in [0.1, 0.15) is 22.7 Å². The van der Waals surface area contributed by atoms with E-state index in [4.69, 9.17) is 9.47 Å². The van der Waals surface area contributed by atoms with Gasteiger partial charge in [-0.1, -0.05) is 43.9 Å². The molecule has 0 spiro atoms. The molecule has 0 saturated heterocycles. The first-order chi connectivity index (χ1) is 17.4. The average Bonchev–Trinajstić information content (AvgIpc) is 3.05. The lowest BCUT2D eigenvalue weighted by molar-refractivity contribution is -0.134. The molecule has 2 amide bonds. The molecule has 2 heterocycles. The van der Waals surface area contributed by atoms with Crippen molar-refractivity contribution in [1.29, 1.82) is 0 Å². The quantitative estimate of drug-likeness (QED) is 0.499. The monoisotopic (exact) mass is 489 g/mol. The summed E-state index contributed by atoms with van der Waals surface area (Å²) < 4.78 is 13.0. The number of nitrogens with zero attached hydrogens (tertiary/aromatic N) is 2. The van der Waals surface area contributed by atoms with Gasteiger partial charge in [0.15, 0.2) is 0 Å². The summed E-state index contributed by atoms with van der Waals surface area (Å²) in [6.45, 7) is 2.53. The molecule has 1 atom stereocenters. The Morgan fingerprint density at radius 1 is 1.03 bits per heavy atom. The van der Waals surface area contributed by atoms with E-state index in [1.165, 1.54) is 12.8 Å². The highest BCUT2D eigenvalue weighted by atomic mass is 16.5. The summed E-state index contributed by atoms with van der Waals surface area (Å²) in [6.07, 6.45) is 6.63. The molecule has 190 valence electrons. The number of rotatable bonds is 6. The van der Waals surface area contributed by atoms with Gasteiger partial charge in [0.2, 0.25) is 5.91 Å². The van der Waals surface area contributed by atoms with Crippen LogP contribution in [0.1, 0.15) is 61.5 Å². The Labute approximate surface area is 212 Å². The van der Waals surface area contributed by atoms with Gasteiger partial charge in [0, 0.05) is 23.1 Å². The summed E-state index contributed by atoms with van der Waals surface area (Å²) in [5.74, 6) is 1.15. The summed E-state index contributed by atoms with van der Waals surface area (Å²) in [4.78, 5) is 29.8. The number of methoxy groups -OCH3 is 2. The minimum absolute atomic E-state index is 0.104. The van der Waals surface area contributed by atoms with E-state index in [0.717, 1.165) is 47.9 Å². The molecule has 0 unspecified atom stereocenters. The van der Waals surface area contributed by atoms with E-state index in [-0.39, 0.29) is 24.4 Å². The van der Waals surface area contributed by atoms with E-state index in [1.807, 2.05) is 60.0 Å². The molecule has 1 saturated carbocycles. The predicted molar refractivity (Wildman–Crippen MR) is 139 cm³/mol. The van der Waals surface area contributed by atoms with Crippen molar-refractivity contribution in [1.82, 2.24) is 14.8 Å². The smallest absolute Gasteiger partial charge is 0.271 e. The molecule has 2 aliphatic rings. The van der Waals surface area contributed by atoms with E-state index in [1.54, 1.807) is 19.1 Å². The molecular formula is C29H35N3O4. The molecule has 7 nitrogen and oxygen atoms in total. The molecule has 3 aromatic rings. The minimum atomic E-state index is -1.08. The number of para-hydroxylation sites is 1. The van der Waals surface area contributed by atoms with Crippen molar-refractivity contribution in [2.75, 3.05) is 14.2 Å². The molecule has 1 aliphatic heterocycles. The first-order valence-electron chi connectivity index (χ1n) is 12.9. The minimum Gasteiger partial charge on any atom is -0.497 e. The number of carbonyl (C=O) groups excluding carboxylic acids is 2. The zero-order valence-electron chi connectivity index (χ0n) is 21.4. The summed E-state index contributed by atoms with van der Waals surface area (Å²) in [6, 6.07) is 15.5. The molecule has 7 heteroatoms. The van der Waals surface area contributed by atoms with Crippen molar-refractivity contribution in [3.05, 3.63) is 59.8 Å². The fraction of sp³-hybridized carbons (Fsp3) is 0.448. The van der Waals surface area contributed by atoms with Gasteiger partial charge in [0.05, 0.1) is 32.8 Å². The van der Waals surface area contributed by atoms with Crippen LogP contribution in [0.2, 0.25) is 0 Å². The molecule has 1 fully saturated rings. The lowest BCUT2D eigenvalue weighted by Crippen LogP contribution is -2.64. The topological polar surface area (TPSA) is 72.8 Å². The van der Waals surface area contributed by atoms with Gasteiger partial charge in [-0.2, -0.15) is 0 Å². The Kier molecular flexibility index (Phi) is 6.65. The van der Waals surface area contributed by atoms with Crippen molar-refractivity contribution in [3.8, 4) is 11.5 Å². The highest BCUT2D eigenvalue weighted by Gasteiger charge is 2.48. The van der Waals surface area contributed by atoms with E-state index in [9.17, 15) is 9.59 Å². The Bertz CT molecular complexity index is 1270. The van der Waals surface area contributed by atoms with Gasteiger partial charge in [-0.3, -0.25) is 9.59 Å². The Hall–Kier alpha value is -3.48. The first kappa shape index (κ1) is 24.2. The van der Waals surface area contributed by atoms with Crippen LogP contribution in [0.15, 0.2) is 48.5 Å². The lowest BCUT2D eigenvalue weighted by atomic mass is 9.92. The van der Waals surface area contributed by atoms with Crippen LogP contribution in [-0.4, -0.2) is 47.1 Å². The number of benzene rings is 2. The summed E-state index contributed by atoms with van der Waals surface area (Å²) >= 11 is 0. The molecule has 36 heavy (non-hydrogen) atoms. The van der Waals surface area contributed by atoms with Crippen LogP contribution in [0.4, 0.5) is 0 Å². The molecule has 1 N–H and O–H groups in total. The lowest BCUT2D eigenvalue weighted by Gasteiger charge is -2.44. The van der Waals surface area contributed by atoms with E-state index in [0.29, 0.717) is 18.0 Å². The SMILES string of the molecule is COc1ccc2cc3n(c2c1)C[C@](C)(C(=O)NC1CCCCCC1)N(Cc1ccccc1OC)C3=O. The second-order valence-electron chi connectivity index (χ2n) is 10.2. The van der Waals surface area contributed by atoms with E-state index >= 15 is 0 Å². The first-order valence-corrected chi connectivity index (χ1v) is 12.9. The maximum absolute atomic E-state index is 14.1. The maximum Gasteiger partial charge on any atom is 0.271 e. The molecular weight excluding hydrogens is 454 g/mol. The van der Waals surface area contributed by atoms with Gasteiger partial charge >= 0.3 is 0 Å². The number of fused-ring (bicyclic) bond motifs is 3. The third-order valence-electron chi connectivity index (χ3n) is 7.84. The number of carbonyl (C=O) groups is 2. The predicted octanol–water partition coefficient (Wildman–Crippen LogP) is 4.91. The average molecular weight is 490 g/mol. The number of ether oxygens (including phenoxy) is 2. The van der Waals surface area contributed by atoms with Crippen LogP contribution in [0, 0.1) is 0 Å². The van der Waals surface area contributed by atoms with Crippen molar-refractivity contribution in [3.63, 3.8) is 0 Å². The van der Waals surface area contributed by atoms with Crippen molar-refractivity contribution in [2.45, 2.75) is 70.1 Å². The van der Waals surface area contributed by atoms with Crippen LogP contribution < -0.4 is 14.8 Å². The summed E-state index contributed by atoms with van der Waals surface area (Å²) in [7, 11) is 3.26. The summed E-state index contributed by atoms with van der Waals surface area (Å²) in [5, 5.41) is 4.27. The highest BCUT2D eigenvalue weighted by molar-refractivity contribution is 6.03. The third-order valence-corrected chi connectivity index (χ3v) is 7.84. The molecule has 5 rings (SSSR count). The molecule has 1 aliphatic carbocycles. The molecule has 2 aromatic carbocycles. The molecule has 0 radical (unpaired) electrons. The fourth-order valence-corrected chi connectivity index (χ4v) is 5.67. The third kappa shape index (κ3) is 4.31. The molecule has 0 bridgehead atoms. The van der Waals surface area contributed by atoms with Crippen LogP contribution >= 0.6 is 0 Å². The number of hydrogen-bond donors (Lipinski definition) is 1. The Balaban J connectivity index is 1.57.